The number of sulfone groups is 1. The van der Waals surface area contributed by atoms with Crippen LogP contribution in [0.15, 0.2) is 86.7 Å². The number of terminal acetylenes is 1. The van der Waals surface area contributed by atoms with E-state index in [-0.39, 0.29) is 53.6 Å². The van der Waals surface area contributed by atoms with Crippen LogP contribution < -0.4 is 53.5 Å². The predicted octanol–water partition coefficient (Wildman–Crippen LogP) is 4.34. The average molecular weight is 1260 g/mol. The minimum Gasteiger partial charge on any atom is -0.481 e. The number of hydrogen-bond donors (Lipinski definition) is 5. The van der Waals surface area contributed by atoms with Crippen LogP contribution in [0, 0.1) is 23.6 Å². The van der Waals surface area contributed by atoms with Gasteiger partial charge in [0.1, 0.15) is 27.1 Å². The van der Waals surface area contributed by atoms with Gasteiger partial charge in [0.05, 0.1) is 49.9 Å². The maximum Gasteiger partial charge on any atom is 0.388 e. The molecule has 0 saturated heterocycles. The first kappa shape index (κ1) is 63.8. The van der Waals surface area contributed by atoms with Crippen LogP contribution >= 0.6 is 11.5 Å². The molecule has 0 atom stereocenters. The van der Waals surface area contributed by atoms with Gasteiger partial charge in [-0.2, -0.15) is 50.3 Å². The molecular formula is C46H44F5N13O16S4. The van der Waals surface area contributed by atoms with Gasteiger partial charge < -0.3 is 33.4 Å². The van der Waals surface area contributed by atoms with E-state index >= 15 is 0 Å². The molecule has 2 aliphatic rings. The number of amides is 5. The number of aromatic carboxylic acids is 1. The molecule has 0 unspecified atom stereocenters. The number of methoxy groups -OCH3 is 2. The van der Waals surface area contributed by atoms with Crippen molar-refractivity contribution in [3.63, 3.8) is 0 Å². The number of anilines is 3. The zero-order valence-corrected chi connectivity index (χ0v) is 47.0. The second-order valence-corrected chi connectivity index (χ2v) is 23.4. The van der Waals surface area contributed by atoms with Crippen molar-refractivity contribution >= 4 is 88.6 Å². The quantitative estimate of drug-likeness (QED) is 0.0626. The van der Waals surface area contributed by atoms with E-state index in [9.17, 15) is 66.4 Å². The number of fused-ring (bicyclic) bond motifs is 2. The number of carboxylic acid groups (broad SMARTS) is 1. The fourth-order valence-corrected chi connectivity index (χ4v) is 11.5. The van der Waals surface area contributed by atoms with Gasteiger partial charge in [0.2, 0.25) is 40.2 Å². The molecule has 8 rings (SSSR count). The van der Waals surface area contributed by atoms with E-state index in [0.717, 1.165) is 43.2 Å². The van der Waals surface area contributed by atoms with Crippen LogP contribution in [0.4, 0.5) is 54.8 Å². The van der Waals surface area contributed by atoms with Crippen molar-refractivity contribution in [1.29, 1.82) is 0 Å². The highest BCUT2D eigenvalue weighted by atomic mass is 32.2. The molecule has 5 N–H and O–H groups in total. The maximum absolute atomic E-state index is 14.5. The number of rotatable bonds is 17. The minimum absolute atomic E-state index is 0.0612. The summed E-state index contributed by atoms with van der Waals surface area (Å²) in [5.41, 5.74) is 0.0336. The Balaban J connectivity index is 0.000000202. The summed E-state index contributed by atoms with van der Waals surface area (Å²) in [6.07, 6.45) is 7.31. The largest absolute Gasteiger partial charge is 0.481 e. The van der Waals surface area contributed by atoms with E-state index in [1.54, 1.807) is 10.0 Å². The zero-order valence-electron chi connectivity index (χ0n) is 43.7. The molecule has 0 aliphatic carbocycles. The molecule has 0 fully saturated rings. The lowest BCUT2D eigenvalue weighted by molar-refractivity contribution is -0.121. The monoisotopic (exact) mass is 1260 g/mol. The van der Waals surface area contributed by atoms with Gasteiger partial charge in [-0.3, -0.25) is 20.3 Å². The number of ether oxygens (including phenoxy) is 5. The number of carboxylic acids is 1. The summed E-state index contributed by atoms with van der Waals surface area (Å²) in [6.45, 7) is -0.409. The van der Waals surface area contributed by atoms with Crippen molar-refractivity contribution < 1.29 is 95.2 Å². The lowest BCUT2D eigenvalue weighted by Crippen LogP contribution is -2.39. The van der Waals surface area contributed by atoms with Crippen molar-refractivity contribution in [2.24, 2.45) is 10.4 Å². The van der Waals surface area contributed by atoms with Gasteiger partial charge in [0.25, 0.3) is 26.0 Å². The highest BCUT2D eigenvalue weighted by molar-refractivity contribution is 7.93. The number of hydrogen-bond acceptors (Lipinski definition) is 23. The van der Waals surface area contributed by atoms with Gasteiger partial charge in [0.15, 0.2) is 27.3 Å². The molecular weight excluding hydrogens is 1210 g/mol. The van der Waals surface area contributed by atoms with E-state index < -0.39 is 105 Å². The van der Waals surface area contributed by atoms with Gasteiger partial charge in [-0.05, 0) is 35.7 Å². The van der Waals surface area contributed by atoms with E-state index in [1.165, 1.54) is 78.7 Å². The van der Waals surface area contributed by atoms with Gasteiger partial charge in [-0.1, -0.05) is 38.8 Å². The maximum atomic E-state index is 14.5. The topological polar surface area (TPSA) is 383 Å². The average Bonchev–Trinajstić information content (AvgIpc) is 2.02. The van der Waals surface area contributed by atoms with Crippen molar-refractivity contribution in [2.45, 2.75) is 61.8 Å². The smallest absolute Gasteiger partial charge is 0.388 e. The van der Waals surface area contributed by atoms with Crippen LogP contribution in [-0.4, -0.2) is 135 Å². The zero-order chi connectivity index (χ0) is 61.9. The van der Waals surface area contributed by atoms with Gasteiger partial charge in [0, 0.05) is 36.8 Å². The van der Waals surface area contributed by atoms with E-state index in [4.69, 9.17) is 25.7 Å². The lowest BCUT2D eigenvalue weighted by Gasteiger charge is -2.28. The van der Waals surface area contributed by atoms with Crippen LogP contribution in [-0.2, 0) is 47.6 Å². The standard InChI is InChI=1S/C18H17FN4O2S.C14H10F4N4O7S.C14H17N5O7S2/c1-4-5-22-13-7-12(11(19)6-14(13)25-9-16(22)24)20-17-23-10-18(2,3)8-15(23)21-26-17;15-11(16)28-8-5-9(29-12(17)18)20-13(19-8)21-14(25)22-30(26,27)7-4-2-1-3-6(7)10(23)24;1-4-27(21,22)9-6-5-7-15-12(9)28(23,24)19-14(20)18-13-16-10(25-2)8-11(17-13)26-3/h1,6-7H,5,8-10H2,2-3H3;1-5,11-12H,(H,23,24)(H2,19,20,21,22,25);5-8H,4H2,1-3H3,(H2,16,17,18,19,20). The summed E-state index contributed by atoms with van der Waals surface area (Å²) in [4.78, 5) is 70.2. The number of urea groups is 2. The van der Waals surface area contributed by atoms with Crippen molar-refractivity contribution in [1.82, 2.24) is 43.3 Å². The number of alkyl halides is 4. The van der Waals surface area contributed by atoms with Gasteiger partial charge in [-0.15, -0.1) is 6.42 Å². The Morgan fingerprint density at radius 3 is 1.96 bits per heavy atom. The van der Waals surface area contributed by atoms with E-state index in [2.05, 4.69) is 68.8 Å². The molecule has 0 saturated carbocycles. The van der Waals surface area contributed by atoms with Gasteiger partial charge >= 0.3 is 31.3 Å². The third-order valence-electron chi connectivity index (χ3n) is 10.6. The molecule has 6 aromatic rings. The highest BCUT2D eigenvalue weighted by Crippen LogP contribution is 2.38. The molecule has 2 aromatic carbocycles. The third-order valence-corrected chi connectivity index (χ3v) is 16.0. The number of benzene rings is 2. The number of nitrogens with one attached hydrogen (secondary N) is 4. The summed E-state index contributed by atoms with van der Waals surface area (Å²) in [5, 5.41) is 12.0. The van der Waals surface area contributed by atoms with Crippen molar-refractivity contribution in [2.75, 3.05) is 48.7 Å². The van der Waals surface area contributed by atoms with Crippen molar-refractivity contribution in [3.8, 4) is 41.6 Å². The molecule has 4 aromatic heterocycles. The third kappa shape index (κ3) is 16.4. The highest BCUT2D eigenvalue weighted by Gasteiger charge is 2.33. The molecule has 2 aliphatic heterocycles. The first-order valence-electron chi connectivity index (χ1n) is 23.2. The van der Waals surface area contributed by atoms with Crippen LogP contribution in [0.3, 0.4) is 0 Å². The summed E-state index contributed by atoms with van der Waals surface area (Å²) >= 11 is 1.24. The van der Waals surface area contributed by atoms with Crippen LogP contribution in [0.1, 0.15) is 37.0 Å². The number of carbonyl (C=O) groups excluding carboxylic acids is 3. The Hall–Kier alpha value is -9.35. The lowest BCUT2D eigenvalue weighted by atomic mass is 9.92. The number of aromatic nitrogens is 7. The minimum atomic E-state index is -4.71. The Kier molecular flexibility index (Phi) is 20.3. The van der Waals surface area contributed by atoms with Crippen LogP contribution in [0.2, 0.25) is 0 Å². The molecule has 0 bridgehead atoms. The predicted molar refractivity (Wildman–Crippen MR) is 280 cm³/mol. The molecule has 84 heavy (non-hydrogen) atoms. The first-order valence-corrected chi connectivity index (χ1v) is 28.6. The van der Waals surface area contributed by atoms with E-state index in [0.29, 0.717) is 22.3 Å². The number of pyridine rings is 1. The molecule has 38 heteroatoms. The second kappa shape index (κ2) is 26.7. The summed E-state index contributed by atoms with van der Waals surface area (Å²) in [6, 6.07) is 8.46. The fraction of sp³-hybridized carbons (Fsp3) is 0.283. The Labute approximate surface area is 476 Å². The molecule has 0 spiro atoms. The molecule has 6 heterocycles. The second-order valence-electron chi connectivity index (χ2n) is 17.2. The number of carbonyl (C=O) groups is 4. The fourth-order valence-electron chi connectivity index (χ4n) is 7.13. The molecule has 5 amide bonds. The Morgan fingerprint density at radius 1 is 0.845 bits per heavy atom. The Bertz CT molecular complexity index is 3910. The van der Waals surface area contributed by atoms with E-state index in [1.807, 2.05) is 4.57 Å². The summed E-state index contributed by atoms with van der Waals surface area (Å²) in [7, 11) is -10.6. The number of sulfonamides is 2. The number of nitrogens with zero attached hydrogens (tertiary/aromatic N) is 9. The summed E-state index contributed by atoms with van der Waals surface area (Å²) < 4.78 is 170. The SMILES string of the molecule is C#CCN1C(=O)COc2cc(F)c(N=c3snc4n3CC(C)(C)C4)cc21.CCS(=O)(=O)c1cccnc1S(=O)(=O)NC(=O)Nc1nc(OC)cc(OC)n1.O=C(Nc1nc(OC(F)F)cc(OC(F)F)n1)NS(=O)(=O)c1ccccc1C(=O)O. The normalized spacial score (nSPS) is 13.5. The molecule has 29 nitrogen and oxygen atoms in total. The molecule has 448 valence electrons. The number of halogens is 5. The first-order chi connectivity index (χ1) is 39.5. The van der Waals surface area contributed by atoms with Crippen molar-refractivity contribution in [3.05, 3.63) is 88.9 Å². The Morgan fingerprint density at radius 2 is 1.40 bits per heavy atom. The van der Waals surface area contributed by atoms with Crippen LogP contribution in [0.25, 0.3) is 0 Å². The molecule has 0 radical (unpaired) electrons. The summed E-state index contributed by atoms with van der Waals surface area (Å²) in [5.74, 6) is -2.05. The van der Waals surface area contributed by atoms with Gasteiger partial charge in [-0.25, -0.2) is 55.0 Å². The van der Waals surface area contributed by atoms with Crippen LogP contribution in [0.5, 0.6) is 29.3 Å².